The van der Waals surface area contributed by atoms with Gasteiger partial charge < -0.3 is 19.8 Å². The summed E-state index contributed by atoms with van der Waals surface area (Å²) in [7, 11) is 0. The van der Waals surface area contributed by atoms with E-state index in [4.69, 9.17) is 9.15 Å². The van der Waals surface area contributed by atoms with Crippen molar-refractivity contribution in [3.8, 4) is 0 Å². The van der Waals surface area contributed by atoms with E-state index in [1.54, 1.807) is 6.26 Å². The predicted molar refractivity (Wildman–Crippen MR) is 104 cm³/mol. The number of guanidine groups is 1. The number of ether oxygens (including phenoxy) is 1. The molecule has 0 unspecified atom stereocenters. The Labute approximate surface area is 156 Å². The van der Waals surface area contributed by atoms with E-state index in [-0.39, 0.29) is 24.0 Å². The second-order valence-corrected chi connectivity index (χ2v) is 5.37. The summed E-state index contributed by atoms with van der Waals surface area (Å²) in [6.45, 7) is 9.46. The van der Waals surface area contributed by atoms with Crippen molar-refractivity contribution in [1.29, 1.82) is 0 Å². The van der Waals surface area contributed by atoms with Crippen LogP contribution in [0.2, 0.25) is 0 Å². The van der Waals surface area contributed by atoms with E-state index < -0.39 is 0 Å². The van der Waals surface area contributed by atoms with Crippen LogP contribution in [-0.4, -0.2) is 63.3 Å². The van der Waals surface area contributed by atoms with Gasteiger partial charge in [-0.15, -0.1) is 24.0 Å². The van der Waals surface area contributed by atoms with Crippen LogP contribution in [0.3, 0.4) is 0 Å². The van der Waals surface area contributed by atoms with Gasteiger partial charge in [-0.3, -0.25) is 9.89 Å². The van der Waals surface area contributed by atoms with E-state index in [0.717, 1.165) is 77.0 Å². The van der Waals surface area contributed by atoms with E-state index in [2.05, 4.69) is 27.4 Å². The minimum Gasteiger partial charge on any atom is -0.469 e. The first-order chi connectivity index (χ1) is 10.9. The Balaban J connectivity index is 0.00000264. The number of rotatable bonds is 8. The second kappa shape index (κ2) is 12.6. The molecule has 1 fully saturated rings. The molecule has 132 valence electrons. The fraction of sp³-hybridized carbons (Fsp3) is 0.688. The van der Waals surface area contributed by atoms with E-state index in [0.29, 0.717) is 0 Å². The van der Waals surface area contributed by atoms with Crippen molar-refractivity contribution in [2.45, 2.75) is 19.8 Å². The smallest absolute Gasteiger partial charge is 0.191 e. The highest BCUT2D eigenvalue weighted by Gasteiger charge is 2.09. The molecular formula is C16H29IN4O2. The molecule has 2 rings (SSSR count). The Morgan fingerprint density at radius 2 is 2.04 bits per heavy atom. The maximum Gasteiger partial charge on any atom is 0.191 e. The number of hydrogen-bond acceptors (Lipinski definition) is 4. The lowest BCUT2D eigenvalue weighted by molar-refractivity contribution is 0.0389. The van der Waals surface area contributed by atoms with Crippen molar-refractivity contribution in [2.75, 3.05) is 52.5 Å². The Bertz CT molecular complexity index is 420. The van der Waals surface area contributed by atoms with Gasteiger partial charge in [0.2, 0.25) is 0 Å². The fourth-order valence-electron chi connectivity index (χ4n) is 2.31. The van der Waals surface area contributed by atoms with Crippen LogP contribution in [0.15, 0.2) is 27.8 Å². The lowest BCUT2D eigenvalue weighted by atomic mass is 10.3. The number of aliphatic imine (C=N–C) groups is 1. The molecule has 0 saturated carbocycles. The molecule has 0 spiro atoms. The summed E-state index contributed by atoms with van der Waals surface area (Å²) in [5, 5.41) is 6.77. The third-order valence-corrected chi connectivity index (χ3v) is 3.56. The molecule has 2 N–H and O–H groups in total. The summed E-state index contributed by atoms with van der Waals surface area (Å²) in [6, 6.07) is 3.92. The maximum absolute atomic E-state index is 5.36. The zero-order valence-electron chi connectivity index (χ0n) is 13.9. The number of morpholine rings is 1. The third kappa shape index (κ3) is 8.57. The number of furan rings is 1. The lowest BCUT2D eigenvalue weighted by Gasteiger charge is -2.26. The van der Waals surface area contributed by atoms with Gasteiger partial charge >= 0.3 is 0 Å². The van der Waals surface area contributed by atoms with Crippen molar-refractivity contribution < 1.29 is 9.15 Å². The molecule has 0 aromatic carbocycles. The van der Waals surface area contributed by atoms with E-state index in [1.165, 1.54) is 0 Å². The van der Waals surface area contributed by atoms with Gasteiger partial charge in [0.05, 0.1) is 19.5 Å². The summed E-state index contributed by atoms with van der Waals surface area (Å²) < 4.78 is 10.7. The molecule has 2 heterocycles. The topological polar surface area (TPSA) is 62.0 Å². The van der Waals surface area contributed by atoms with Gasteiger partial charge in [-0.25, -0.2) is 0 Å². The molecule has 7 heteroatoms. The molecule has 1 aromatic heterocycles. The van der Waals surface area contributed by atoms with Gasteiger partial charge in [0.1, 0.15) is 5.76 Å². The van der Waals surface area contributed by atoms with Crippen LogP contribution in [0.5, 0.6) is 0 Å². The Hall–Kier alpha value is -0.800. The van der Waals surface area contributed by atoms with Gasteiger partial charge in [-0.05, 0) is 18.6 Å². The van der Waals surface area contributed by atoms with E-state index in [9.17, 15) is 0 Å². The molecule has 1 aliphatic heterocycles. The molecule has 0 aliphatic carbocycles. The molecule has 1 saturated heterocycles. The van der Waals surface area contributed by atoms with Gasteiger partial charge in [-0.2, -0.15) is 0 Å². The average molecular weight is 436 g/mol. The predicted octanol–water partition coefficient (Wildman–Crippen LogP) is 1.72. The number of halogens is 1. The van der Waals surface area contributed by atoms with Crippen LogP contribution in [-0.2, 0) is 11.2 Å². The quantitative estimate of drug-likeness (QED) is 0.369. The van der Waals surface area contributed by atoms with Crippen LogP contribution < -0.4 is 10.6 Å². The highest BCUT2D eigenvalue weighted by molar-refractivity contribution is 14.0. The van der Waals surface area contributed by atoms with Gasteiger partial charge in [-0.1, -0.05) is 6.92 Å². The molecule has 0 radical (unpaired) electrons. The third-order valence-electron chi connectivity index (χ3n) is 3.56. The van der Waals surface area contributed by atoms with Crippen LogP contribution in [0.25, 0.3) is 0 Å². The van der Waals surface area contributed by atoms with Crippen LogP contribution in [0.1, 0.15) is 19.1 Å². The van der Waals surface area contributed by atoms with Crippen LogP contribution in [0.4, 0.5) is 0 Å². The molecule has 1 aliphatic rings. The summed E-state index contributed by atoms with van der Waals surface area (Å²) in [5.41, 5.74) is 0. The summed E-state index contributed by atoms with van der Waals surface area (Å²) in [4.78, 5) is 6.98. The van der Waals surface area contributed by atoms with Crippen LogP contribution >= 0.6 is 24.0 Å². The molecule has 0 atom stereocenters. The molecule has 1 aromatic rings. The van der Waals surface area contributed by atoms with Crippen molar-refractivity contribution in [3.63, 3.8) is 0 Å². The fourth-order valence-corrected chi connectivity index (χ4v) is 2.31. The summed E-state index contributed by atoms with van der Waals surface area (Å²) >= 11 is 0. The number of hydrogen-bond donors (Lipinski definition) is 2. The molecule has 6 nitrogen and oxygen atoms in total. The first-order valence-electron chi connectivity index (χ1n) is 8.23. The first-order valence-corrected chi connectivity index (χ1v) is 8.23. The number of nitrogens with zero attached hydrogens (tertiary/aromatic N) is 2. The minimum atomic E-state index is 0. The molecule has 23 heavy (non-hydrogen) atoms. The monoisotopic (exact) mass is 436 g/mol. The van der Waals surface area contributed by atoms with Gasteiger partial charge in [0.25, 0.3) is 0 Å². The Morgan fingerprint density at radius 1 is 1.26 bits per heavy atom. The SMILES string of the molecule is CCCN=C(NCCc1ccco1)NCCN1CCOCC1.I. The average Bonchev–Trinajstić information content (AvgIpc) is 3.06. The Kier molecular flexibility index (Phi) is 11.1. The van der Waals surface area contributed by atoms with Crippen molar-refractivity contribution in [3.05, 3.63) is 24.2 Å². The van der Waals surface area contributed by atoms with Crippen molar-refractivity contribution in [1.82, 2.24) is 15.5 Å². The van der Waals surface area contributed by atoms with E-state index in [1.807, 2.05) is 12.1 Å². The largest absolute Gasteiger partial charge is 0.469 e. The number of nitrogens with one attached hydrogen (secondary N) is 2. The van der Waals surface area contributed by atoms with E-state index >= 15 is 0 Å². The first kappa shape index (κ1) is 20.2. The zero-order valence-corrected chi connectivity index (χ0v) is 16.3. The van der Waals surface area contributed by atoms with Crippen LogP contribution in [0, 0.1) is 0 Å². The highest BCUT2D eigenvalue weighted by atomic mass is 127. The summed E-state index contributed by atoms with van der Waals surface area (Å²) in [6.07, 6.45) is 3.62. The Morgan fingerprint density at radius 3 is 2.74 bits per heavy atom. The maximum atomic E-state index is 5.36. The molecule has 0 bridgehead atoms. The second-order valence-electron chi connectivity index (χ2n) is 5.37. The van der Waals surface area contributed by atoms with Crippen molar-refractivity contribution in [2.24, 2.45) is 4.99 Å². The summed E-state index contributed by atoms with van der Waals surface area (Å²) in [5.74, 6) is 1.89. The normalized spacial score (nSPS) is 16.0. The van der Waals surface area contributed by atoms with Gasteiger partial charge in [0.15, 0.2) is 5.96 Å². The standard InChI is InChI=1S/C16H28N4O2.HI/c1-2-6-17-16(18-7-5-15-4-3-12-22-15)19-8-9-20-10-13-21-14-11-20;/h3-4,12H,2,5-11,13-14H2,1H3,(H2,17,18,19);1H. The molecular weight excluding hydrogens is 407 g/mol. The molecule has 0 amide bonds. The minimum absolute atomic E-state index is 0. The highest BCUT2D eigenvalue weighted by Crippen LogP contribution is 1.99. The lowest BCUT2D eigenvalue weighted by Crippen LogP contribution is -2.44. The zero-order chi connectivity index (χ0) is 15.5. The van der Waals surface area contributed by atoms with Gasteiger partial charge in [0, 0.05) is 45.7 Å². The van der Waals surface area contributed by atoms with Crippen molar-refractivity contribution >= 4 is 29.9 Å².